The highest BCUT2D eigenvalue weighted by Gasteiger charge is 2.39. The molecule has 3 nitrogen and oxygen atoms in total. The van der Waals surface area contributed by atoms with E-state index in [4.69, 9.17) is 0 Å². The molecular formula is C12H18N2OS2. The number of rotatable bonds is 4. The van der Waals surface area contributed by atoms with E-state index in [2.05, 4.69) is 23.7 Å². The first-order chi connectivity index (χ1) is 8.15. The first-order valence-electron chi connectivity index (χ1n) is 5.79. The molecule has 1 N–H and O–H groups in total. The molecule has 0 spiro atoms. The van der Waals surface area contributed by atoms with Crippen molar-refractivity contribution in [3.63, 3.8) is 0 Å². The first-order valence-corrected chi connectivity index (χ1v) is 7.62. The van der Waals surface area contributed by atoms with Crippen LogP contribution in [0.4, 0.5) is 0 Å². The third kappa shape index (κ3) is 2.51. The van der Waals surface area contributed by atoms with Gasteiger partial charge in [0.05, 0.1) is 5.25 Å². The Morgan fingerprint density at radius 3 is 2.88 bits per heavy atom. The van der Waals surface area contributed by atoms with Crippen molar-refractivity contribution in [2.75, 3.05) is 20.1 Å². The summed E-state index contributed by atoms with van der Waals surface area (Å²) in [5.41, 5.74) is 1.30. The van der Waals surface area contributed by atoms with Gasteiger partial charge in [-0.3, -0.25) is 4.79 Å². The number of carbonyl (C=O) groups is 1. The third-order valence-corrected chi connectivity index (χ3v) is 5.55. The zero-order valence-electron chi connectivity index (χ0n) is 10.4. The second-order valence-corrected chi connectivity index (χ2v) is 6.61. The van der Waals surface area contributed by atoms with Crippen LogP contribution in [-0.4, -0.2) is 36.2 Å². The summed E-state index contributed by atoms with van der Waals surface area (Å²) < 4.78 is 0. The van der Waals surface area contributed by atoms with Gasteiger partial charge in [-0.25, -0.2) is 0 Å². The summed E-state index contributed by atoms with van der Waals surface area (Å²) in [6.07, 6.45) is 0. The summed E-state index contributed by atoms with van der Waals surface area (Å²) in [4.78, 5) is 15.4. The predicted octanol–water partition coefficient (Wildman–Crippen LogP) is 2.24. The first kappa shape index (κ1) is 12.9. The fraction of sp³-hybridized carbons (Fsp3) is 0.583. The van der Waals surface area contributed by atoms with Gasteiger partial charge in [0.15, 0.2) is 0 Å². The van der Waals surface area contributed by atoms with Crippen LogP contribution in [0.25, 0.3) is 0 Å². The molecule has 1 aliphatic heterocycles. The molecule has 1 aromatic rings. The van der Waals surface area contributed by atoms with Crippen LogP contribution >= 0.6 is 23.1 Å². The van der Waals surface area contributed by atoms with E-state index in [-0.39, 0.29) is 16.5 Å². The number of thiophene rings is 1. The summed E-state index contributed by atoms with van der Waals surface area (Å²) >= 11 is 3.52. The van der Waals surface area contributed by atoms with Crippen molar-refractivity contribution < 1.29 is 4.79 Å². The van der Waals surface area contributed by atoms with Crippen molar-refractivity contribution in [3.8, 4) is 0 Å². The molecule has 0 aliphatic carbocycles. The van der Waals surface area contributed by atoms with Crippen LogP contribution in [0.3, 0.4) is 0 Å². The van der Waals surface area contributed by atoms with E-state index in [0.717, 1.165) is 13.1 Å². The average molecular weight is 270 g/mol. The molecular weight excluding hydrogens is 252 g/mol. The summed E-state index contributed by atoms with van der Waals surface area (Å²) in [6, 6.07) is 2.13. The molecule has 17 heavy (non-hydrogen) atoms. The number of carbonyl (C=O) groups excluding carboxylic acids is 1. The highest BCUT2D eigenvalue weighted by molar-refractivity contribution is 8.01. The van der Waals surface area contributed by atoms with Gasteiger partial charge in [-0.2, -0.15) is 0 Å². The molecule has 1 amide bonds. The minimum absolute atomic E-state index is 0.0818. The van der Waals surface area contributed by atoms with Gasteiger partial charge in [0.1, 0.15) is 5.37 Å². The lowest BCUT2D eigenvalue weighted by atomic mass is 10.2. The molecule has 1 fully saturated rings. The highest BCUT2D eigenvalue weighted by atomic mass is 32.2. The summed E-state index contributed by atoms with van der Waals surface area (Å²) in [7, 11) is 1.92. The Morgan fingerprint density at radius 2 is 2.29 bits per heavy atom. The Kier molecular flexibility index (Phi) is 4.12. The quantitative estimate of drug-likeness (QED) is 0.910. The smallest absolute Gasteiger partial charge is 0.236 e. The zero-order chi connectivity index (χ0) is 12.4. The van der Waals surface area contributed by atoms with Crippen molar-refractivity contribution in [1.82, 2.24) is 10.2 Å². The fourth-order valence-electron chi connectivity index (χ4n) is 1.97. The van der Waals surface area contributed by atoms with Gasteiger partial charge in [0.2, 0.25) is 5.91 Å². The van der Waals surface area contributed by atoms with Crippen LogP contribution < -0.4 is 5.32 Å². The van der Waals surface area contributed by atoms with Gasteiger partial charge >= 0.3 is 0 Å². The Morgan fingerprint density at radius 1 is 1.53 bits per heavy atom. The summed E-state index contributed by atoms with van der Waals surface area (Å²) in [5.74, 6) is 0.267. The van der Waals surface area contributed by atoms with Crippen molar-refractivity contribution in [2.24, 2.45) is 0 Å². The largest absolute Gasteiger partial charge is 0.323 e. The molecule has 94 valence electrons. The molecule has 0 saturated carbocycles. The van der Waals surface area contributed by atoms with Crippen molar-refractivity contribution >= 4 is 29.0 Å². The Balaban J connectivity index is 2.20. The van der Waals surface area contributed by atoms with Crippen molar-refractivity contribution in [2.45, 2.75) is 24.5 Å². The van der Waals surface area contributed by atoms with E-state index in [1.807, 2.05) is 18.9 Å². The topological polar surface area (TPSA) is 32.3 Å². The molecule has 2 rings (SSSR count). The molecule has 2 unspecified atom stereocenters. The molecule has 1 aliphatic rings. The number of thioether (sulfide) groups is 1. The maximum atomic E-state index is 12.1. The van der Waals surface area contributed by atoms with Crippen LogP contribution in [0.5, 0.6) is 0 Å². The molecule has 0 bridgehead atoms. The molecule has 0 radical (unpaired) electrons. The van der Waals surface area contributed by atoms with Crippen LogP contribution in [-0.2, 0) is 4.79 Å². The van der Waals surface area contributed by atoms with Gasteiger partial charge in [-0.15, -0.1) is 23.1 Å². The van der Waals surface area contributed by atoms with Crippen LogP contribution in [0.1, 0.15) is 22.7 Å². The fourth-order valence-corrected chi connectivity index (χ4v) is 4.53. The predicted molar refractivity (Wildman–Crippen MR) is 74.5 cm³/mol. The van der Waals surface area contributed by atoms with Gasteiger partial charge in [0.25, 0.3) is 0 Å². The standard InChI is InChI=1S/C12H18N2OS2/c1-8-4-7-16-10(8)12-14(6-5-13-3)11(15)9(2)17-12/h4,7,9,12-13H,5-6H2,1-3H3. The minimum atomic E-state index is 0.0818. The molecule has 0 aromatic carbocycles. The van der Waals surface area contributed by atoms with Gasteiger partial charge in [-0.1, -0.05) is 0 Å². The van der Waals surface area contributed by atoms with Crippen molar-refractivity contribution in [1.29, 1.82) is 0 Å². The number of aryl methyl sites for hydroxylation is 1. The average Bonchev–Trinajstić information content (AvgIpc) is 2.83. The summed E-state index contributed by atoms with van der Waals surface area (Å²) in [6.45, 7) is 5.76. The molecule has 2 atom stereocenters. The second-order valence-electron chi connectivity index (χ2n) is 4.23. The Labute approximate surface area is 111 Å². The van der Waals surface area contributed by atoms with E-state index < -0.39 is 0 Å². The normalized spacial score (nSPS) is 24.6. The third-order valence-electron chi connectivity index (χ3n) is 2.98. The van der Waals surface area contributed by atoms with E-state index in [9.17, 15) is 4.79 Å². The maximum absolute atomic E-state index is 12.1. The lowest BCUT2D eigenvalue weighted by Crippen LogP contribution is -2.35. The minimum Gasteiger partial charge on any atom is -0.323 e. The number of hydrogen-bond acceptors (Lipinski definition) is 4. The van der Waals surface area contributed by atoms with E-state index in [0.29, 0.717) is 0 Å². The summed E-state index contributed by atoms with van der Waals surface area (Å²) in [5, 5.41) is 5.51. The molecule has 2 heterocycles. The molecule has 1 aromatic heterocycles. The number of likely N-dealkylation sites (N-methyl/N-ethyl adjacent to an activating group) is 1. The van der Waals surface area contributed by atoms with Crippen molar-refractivity contribution in [3.05, 3.63) is 21.9 Å². The maximum Gasteiger partial charge on any atom is 0.236 e. The number of nitrogens with zero attached hydrogens (tertiary/aromatic N) is 1. The van der Waals surface area contributed by atoms with E-state index in [1.165, 1.54) is 10.4 Å². The Bertz CT molecular complexity index is 405. The molecule has 5 heteroatoms. The lowest BCUT2D eigenvalue weighted by Gasteiger charge is -2.23. The zero-order valence-corrected chi connectivity index (χ0v) is 12.0. The highest BCUT2D eigenvalue weighted by Crippen LogP contribution is 2.45. The van der Waals surface area contributed by atoms with Gasteiger partial charge in [-0.05, 0) is 37.9 Å². The van der Waals surface area contributed by atoms with Crippen LogP contribution in [0.15, 0.2) is 11.4 Å². The monoisotopic (exact) mass is 270 g/mol. The Hall–Kier alpha value is -0.520. The second kappa shape index (κ2) is 5.42. The van der Waals surface area contributed by atoms with E-state index >= 15 is 0 Å². The van der Waals surface area contributed by atoms with Crippen LogP contribution in [0.2, 0.25) is 0 Å². The number of hydrogen-bond donors (Lipinski definition) is 1. The van der Waals surface area contributed by atoms with Gasteiger partial charge in [0, 0.05) is 18.0 Å². The van der Waals surface area contributed by atoms with E-state index in [1.54, 1.807) is 23.1 Å². The number of amides is 1. The SMILES string of the molecule is CNCCN1C(=O)C(C)SC1c1sccc1C. The van der Waals surface area contributed by atoms with Crippen LogP contribution in [0, 0.1) is 6.92 Å². The van der Waals surface area contributed by atoms with Gasteiger partial charge < -0.3 is 10.2 Å². The lowest BCUT2D eigenvalue weighted by molar-refractivity contribution is -0.129. The number of nitrogens with one attached hydrogen (secondary N) is 1. The molecule has 1 saturated heterocycles.